The molecule has 4 aromatic rings. The van der Waals surface area contributed by atoms with Crippen LogP contribution in [0.15, 0.2) is 55.1 Å². The SMILES string of the molecule is O=C(Nc1ccc2nncn2c1)c1cccc2cc[nH]c12. The fourth-order valence-corrected chi connectivity index (χ4v) is 2.37. The molecule has 0 spiro atoms. The second kappa shape index (κ2) is 4.45. The lowest BCUT2D eigenvalue weighted by atomic mass is 10.1. The number of carbonyl (C=O) groups excluding carboxylic acids is 1. The zero-order valence-electron chi connectivity index (χ0n) is 10.9. The van der Waals surface area contributed by atoms with Gasteiger partial charge in [-0.2, -0.15) is 0 Å². The Kier molecular flexibility index (Phi) is 2.47. The van der Waals surface area contributed by atoms with Crippen molar-refractivity contribution in [2.75, 3.05) is 5.32 Å². The van der Waals surface area contributed by atoms with E-state index in [1.807, 2.05) is 24.4 Å². The van der Waals surface area contributed by atoms with Crippen LogP contribution in [-0.2, 0) is 0 Å². The molecule has 0 aliphatic heterocycles. The third-order valence-electron chi connectivity index (χ3n) is 3.38. The van der Waals surface area contributed by atoms with E-state index in [0.717, 1.165) is 16.6 Å². The third-order valence-corrected chi connectivity index (χ3v) is 3.38. The third kappa shape index (κ3) is 1.93. The molecule has 1 aromatic carbocycles. The molecule has 6 heteroatoms. The van der Waals surface area contributed by atoms with Crippen LogP contribution >= 0.6 is 0 Å². The summed E-state index contributed by atoms with van der Waals surface area (Å²) in [6.07, 6.45) is 5.20. The van der Waals surface area contributed by atoms with Crippen molar-refractivity contribution in [1.82, 2.24) is 19.6 Å². The summed E-state index contributed by atoms with van der Waals surface area (Å²) in [5.74, 6) is -0.157. The number of aromatic nitrogens is 4. The molecule has 0 fully saturated rings. The highest BCUT2D eigenvalue weighted by Crippen LogP contribution is 2.18. The fourth-order valence-electron chi connectivity index (χ4n) is 2.37. The number of benzene rings is 1. The van der Waals surface area contributed by atoms with E-state index in [9.17, 15) is 4.79 Å². The predicted octanol–water partition coefficient (Wildman–Crippen LogP) is 2.46. The first kappa shape index (κ1) is 11.7. The first-order chi connectivity index (χ1) is 10.3. The minimum atomic E-state index is -0.157. The highest BCUT2D eigenvalue weighted by molar-refractivity contribution is 6.11. The van der Waals surface area contributed by atoms with Gasteiger partial charge < -0.3 is 10.3 Å². The number of anilines is 1. The normalized spacial score (nSPS) is 11.0. The van der Waals surface area contributed by atoms with E-state index in [2.05, 4.69) is 20.5 Å². The Morgan fingerprint density at radius 3 is 3.10 bits per heavy atom. The van der Waals surface area contributed by atoms with E-state index < -0.39 is 0 Å². The smallest absolute Gasteiger partial charge is 0.257 e. The van der Waals surface area contributed by atoms with Crippen molar-refractivity contribution in [2.45, 2.75) is 0 Å². The van der Waals surface area contributed by atoms with Crippen LogP contribution in [0.5, 0.6) is 0 Å². The average molecular weight is 277 g/mol. The van der Waals surface area contributed by atoms with Crippen molar-refractivity contribution < 1.29 is 4.79 Å². The predicted molar refractivity (Wildman–Crippen MR) is 79.2 cm³/mol. The number of amides is 1. The van der Waals surface area contributed by atoms with Crippen molar-refractivity contribution in [3.8, 4) is 0 Å². The molecule has 1 amide bonds. The highest BCUT2D eigenvalue weighted by Gasteiger charge is 2.11. The van der Waals surface area contributed by atoms with E-state index in [-0.39, 0.29) is 5.91 Å². The number of aromatic amines is 1. The topological polar surface area (TPSA) is 75.1 Å². The van der Waals surface area contributed by atoms with Crippen LogP contribution < -0.4 is 5.32 Å². The number of carbonyl (C=O) groups is 1. The molecule has 21 heavy (non-hydrogen) atoms. The van der Waals surface area contributed by atoms with Gasteiger partial charge in [0.2, 0.25) is 0 Å². The first-order valence-electron chi connectivity index (χ1n) is 6.48. The van der Waals surface area contributed by atoms with E-state index in [1.54, 1.807) is 35.1 Å². The number of para-hydroxylation sites is 1. The zero-order chi connectivity index (χ0) is 14.2. The molecule has 0 saturated carbocycles. The van der Waals surface area contributed by atoms with Gasteiger partial charge in [0.15, 0.2) is 5.65 Å². The molecule has 3 heterocycles. The maximum Gasteiger partial charge on any atom is 0.257 e. The highest BCUT2D eigenvalue weighted by atomic mass is 16.1. The van der Waals surface area contributed by atoms with E-state index in [1.165, 1.54) is 0 Å². The zero-order valence-corrected chi connectivity index (χ0v) is 10.9. The Balaban J connectivity index is 1.70. The lowest BCUT2D eigenvalue weighted by molar-refractivity contribution is 0.102. The Bertz CT molecular complexity index is 953. The van der Waals surface area contributed by atoms with E-state index >= 15 is 0 Å². The summed E-state index contributed by atoms with van der Waals surface area (Å²) in [5, 5.41) is 11.6. The van der Waals surface area contributed by atoms with Crippen LogP contribution in [0.1, 0.15) is 10.4 Å². The maximum atomic E-state index is 12.4. The Morgan fingerprint density at radius 2 is 2.14 bits per heavy atom. The molecule has 0 aliphatic rings. The van der Waals surface area contributed by atoms with Gasteiger partial charge in [-0.3, -0.25) is 9.20 Å². The summed E-state index contributed by atoms with van der Waals surface area (Å²) in [4.78, 5) is 15.5. The largest absolute Gasteiger partial charge is 0.361 e. The summed E-state index contributed by atoms with van der Waals surface area (Å²) >= 11 is 0. The molecule has 0 saturated heterocycles. The van der Waals surface area contributed by atoms with Gasteiger partial charge in [0, 0.05) is 17.8 Å². The van der Waals surface area contributed by atoms with Gasteiger partial charge in [0.05, 0.1) is 16.8 Å². The van der Waals surface area contributed by atoms with Crippen LogP contribution in [0.25, 0.3) is 16.6 Å². The molecule has 3 aromatic heterocycles. The Labute approximate surface area is 119 Å². The van der Waals surface area contributed by atoms with E-state index in [4.69, 9.17) is 0 Å². The van der Waals surface area contributed by atoms with Gasteiger partial charge in [-0.1, -0.05) is 12.1 Å². The molecule has 0 radical (unpaired) electrons. The minimum absolute atomic E-state index is 0.157. The Hall–Kier alpha value is -3.15. The van der Waals surface area contributed by atoms with Gasteiger partial charge >= 0.3 is 0 Å². The van der Waals surface area contributed by atoms with Crippen LogP contribution in [0.4, 0.5) is 5.69 Å². The fraction of sp³-hybridized carbons (Fsp3) is 0. The van der Waals surface area contributed by atoms with Crippen LogP contribution in [0.3, 0.4) is 0 Å². The van der Waals surface area contributed by atoms with Crippen molar-refractivity contribution in [3.05, 3.63) is 60.7 Å². The minimum Gasteiger partial charge on any atom is -0.361 e. The molecule has 0 bridgehead atoms. The number of nitrogens with one attached hydrogen (secondary N) is 2. The van der Waals surface area contributed by atoms with Crippen molar-refractivity contribution in [1.29, 1.82) is 0 Å². The standard InChI is InChI=1S/C15H11N5O/c21-15(12-3-1-2-10-6-7-16-14(10)12)18-11-4-5-13-19-17-9-20(13)8-11/h1-9,16H,(H,18,21). The first-order valence-corrected chi connectivity index (χ1v) is 6.48. The second-order valence-electron chi connectivity index (χ2n) is 4.72. The number of pyridine rings is 1. The van der Waals surface area contributed by atoms with Crippen molar-refractivity contribution in [3.63, 3.8) is 0 Å². The summed E-state index contributed by atoms with van der Waals surface area (Å²) in [6, 6.07) is 11.2. The Morgan fingerprint density at radius 1 is 1.19 bits per heavy atom. The molecule has 0 unspecified atom stereocenters. The molecule has 102 valence electrons. The van der Waals surface area contributed by atoms with Crippen LogP contribution in [0.2, 0.25) is 0 Å². The summed E-state index contributed by atoms with van der Waals surface area (Å²) in [6.45, 7) is 0. The lowest BCUT2D eigenvalue weighted by Gasteiger charge is -2.06. The van der Waals surface area contributed by atoms with Crippen molar-refractivity contribution in [2.24, 2.45) is 0 Å². The van der Waals surface area contributed by atoms with Gasteiger partial charge in [-0.05, 0) is 24.3 Å². The van der Waals surface area contributed by atoms with Gasteiger partial charge in [-0.25, -0.2) is 0 Å². The molecule has 4 rings (SSSR count). The number of rotatable bonds is 2. The number of fused-ring (bicyclic) bond motifs is 2. The quantitative estimate of drug-likeness (QED) is 0.591. The van der Waals surface area contributed by atoms with Crippen LogP contribution in [0, 0.1) is 0 Å². The second-order valence-corrected chi connectivity index (χ2v) is 4.72. The number of hydrogen-bond donors (Lipinski definition) is 2. The molecular weight excluding hydrogens is 266 g/mol. The molecule has 0 aliphatic carbocycles. The maximum absolute atomic E-state index is 12.4. The summed E-state index contributed by atoms with van der Waals surface area (Å²) < 4.78 is 1.75. The number of H-pyrrole nitrogens is 1. The lowest BCUT2D eigenvalue weighted by Crippen LogP contribution is -2.12. The molecule has 6 nitrogen and oxygen atoms in total. The van der Waals surface area contributed by atoms with Crippen molar-refractivity contribution >= 4 is 28.1 Å². The average Bonchev–Trinajstić information content (AvgIpc) is 3.14. The molecule has 2 N–H and O–H groups in total. The molecular formula is C15H11N5O. The molecule has 0 atom stereocenters. The van der Waals surface area contributed by atoms with Gasteiger partial charge in [-0.15, -0.1) is 10.2 Å². The van der Waals surface area contributed by atoms with E-state index in [0.29, 0.717) is 11.3 Å². The number of nitrogens with zero attached hydrogens (tertiary/aromatic N) is 3. The monoisotopic (exact) mass is 277 g/mol. The summed E-state index contributed by atoms with van der Waals surface area (Å²) in [7, 11) is 0. The van der Waals surface area contributed by atoms with Gasteiger partial charge in [0.1, 0.15) is 6.33 Å². The van der Waals surface area contributed by atoms with Gasteiger partial charge in [0.25, 0.3) is 5.91 Å². The van der Waals surface area contributed by atoms with Crippen LogP contribution in [-0.4, -0.2) is 25.5 Å². The summed E-state index contributed by atoms with van der Waals surface area (Å²) in [5.41, 5.74) is 2.87. The number of hydrogen-bond acceptors (Lipinski definition) is 3.